The van der Waals surface area contributed by atoms with E-state index in [1.807, 2.05) is 44.2 Å². The summed E-state index contributed by atoms with van der Waals surface area (Å²) in [5, 5.41) is 6.89. The van der Waals surface area contributed by atoms with Gasteiger partial charge in [-0.2, -0.15) is 4.98 Å². The van der Waals surface area contributed by atoms with Crippen LogP contribution in [-0.2, 0) is 0 Å². The molecule has 25 heavy (non-hydrogen) atoms. The summed E-state index contributed by atoms with van der Waals surface area (Å²) in [5.41, 5.74) is 2.04. The van der Waals surface area contributed by atoms with Crippen LogP contribution in [0.2, 0.25) is 0 Å². The van der Waals surface area contributed by atoms with Crippen LogP contribution < -0.4 is 10.1 Å². The van der Waals surface area contributed by atoms with E-state index in [9.17, 15) is 4.79 Å². The molecule has 1 aromatic heterocycles. The van der Waals surface area contributed by atoms with Gasteiger partial charge in [0, 0.05) is 22.7 Å². The monoisotopic (exact) mass is 337 g/mol. The van der Waals surface area contributed by atoms with E-state index in [0.29, 0.717) is 28.6 Å². The lowest BCUT2D eigenvalue weighted by molar-refractivity contribution is 0.0943. The number of benzene rings is 2. The van der Waals surface area contributed by atoms with Gasteiger partial charge in [0.2, 0.25) is 5.82 Å². The van der Waals surface area contributed by atoms with E-state index in [-0.39, 0.29) is 11.9 Å². The van der Waals surface area contributed by atoms with Gasteiger partial charge < -0.3 is 14.6 Å². The number of ether oxygens (including phenoxy) is 1. The van der Waals surface area contributed by atoms with Gasteiger partial charge in [-0.05, 0) is 44.2 Å². The topological polar surface area (TPSA) is 77.2 Å². The van der Waals surface area contributed by atoms with Gasteiger partial charge in [-0.1, -0.05) is 23.4 Å². The van der Waals surface area contributed by atoms with E-state index in [4.69, 9.17) is 9.26 Å². The van der Waals surface area contributed by atoms with Crippen molar-refractivity contribution in [2.45, 2.75) is 19.9 Å². The van der Waals surface area contributed by atoms with Crippen LogP contribution in [0.15, 0.2) is 53.1 Å². The van der Waals surface area contributed by atoms with E-state index in [2.05, 4.69) is 15.5 Å². The Labute approximate surface area is 145 Å². The predicted octanol–water partition coefficient (Wildman–Crippen LogP) is 3.55. The minimum Gasteiger partial charge on any atom is -0.497 e. The SMILES string of the molecule is COc1cccc(-c2nc(-c3cccc(C(=O)NC(C)C)c3)no2)c1. The number of rotatable bonds is 5. The molecule has 1 heterocycles. The molecule has 0 unspecified atom stereocenters. The van der Waals surface area contributed by atoms with Crippen LogP contribution in [0.25, 0.3) is 22.8 Å². The molecule has 128 valence electrons. The van der Waals surface area contributed by atoms with Crippen molar-refractivity contribution in [3.8, 4) is 28.6 Å². The van der Waals surface area contributed by atoms with Gasteiger partial charge in [-0.25, -0.2) is 0 Å². The summed E-state index contributed by atoms with van der Waals surface area (Å²) in [7, 11) is 1.60. The van der Waals surface area contributed by atoms with Crippen molar-refractivity contribution >= 4 is 5.91 Å². The summed E-state index contributed by atoms with van der Waals surface area (Å²) in [6.07, 6.45) is 0. The second kappa shape index (κ2) is 7.17. The van der Waals surface area contributed by atoms with Crippen LogP contribution in [0.5, 0.6) is 5.75 Å². The second-order valence-electron chi connectivity index (χ2n) is 5.86. The highest BCUT2D eigenvalue weighted by atomic mass is 16.5. The largest absolute Gasteiger partial charge is 0.497 e. The number of hydrogen-bond acceptors (Lipinski definition) is 5. The average Bonchev–Trinajstić information content (AvgIpc) is 3.11. The van der Waals surface area contributed by atoms with Gasteiger partial charge in [0.25, 0.3) is 11.8 Å². The number of carbonyl (C=O) groups is 1. The molecule has 1 N–H and O–H groups in total. The molecule has 0 saturated carbocycles. The fraction of sp³-hybridized carbons (Fsp3) is 0.211. The molecule has 0 aliphatic rings. The Bertz CT molecular complexity index is 887. The Hall–Kier alpha value is -3.15. The molecular formula is C19H19N3O3. The first kappa shape index (κ1) is 16.7. The molecule has 6 heteroatoms. The van der Waals surface area contributed by atoms with Gasteiger partial charge >= 0.3 is 0 Å². The molecule has 2 aromatic carbocycles. The van der Waals surface area contributed by atoms with Crippen LogP contribution >= 0.6 is 0 Å². The zero-order chi connectivity index (χ0) is 17.8. The van der Waals surface area contributed by atoms with E-state index >= 15 is 0 Å². The lowest BCUT2D eigenvalue weighted by Gasteiger charge is -2.08. The molecule has 0 bridgehead atoms. The Balaban J connectivity index is 1.88. The Morgan fingerprint density at radius 1 is 1.12 bits per heavy atom. The number of carbonyl (C=O) groups excluding carboxylic acids is 1. The first-order valence-corrected chi connectivity index (χ1v) is 7.96. The van der Waals surface area contributed by atoms with E-state index in [1.165, 1.54) is 0 Å². The molecule has 0 fully saturated rings. The number of nitrogens with zero attached hydrogens (tertiary/aromatic N) is 2. The Kier molecular flexibility index (Phi) is 4.79. The average molecular weight is 337 g/mol. The second-order valence-corrected chi connectivity index (χ2v) is 5.86. The zero-order valence-corrected chi connectivity index (χ0v) is 14.3. The highest BCUT2D eigenvalue weighted by Crippen LogP contribution is 2.25. The molecule has 3 rings (SSSR count). The molecule has 0 spiro atoms. The molecule has 0 atom stereocenters. The van der Waals surface area contributed by atoms with E-state index in [0.717, 1.165) is 5.56 Å². The molecule has 0 radical (unpaired) electrons. The quantitative estimate of drug-likeness (QED) is 0.770. The highest BCUT2D eigenvalue weighted by Gasteiger charge is 2.13. The summed E-state index contributed by atoms with van der Waals surface area (Å²) in [6.45, 7) is 3.84. The molecule has 6 nitrogen and oxygen atoms in total. The summed E-state index contributed by atoms with van der Waals surface area (Å²) < 4.78 is 10.6. The lowest BCUT2D eigenvalue weighted by atomic mass is 10.1. The van der Waals surface area contributed by atoms with Crippen LogP contribution in [0.4, 0.5) is 0 Å². The first-order chi connectivity index (χ1) is 12.1. The number of methoxy groups -OCH3 is 1. The summed E-state index contributed by atoms with van der Waals surface area (Å²) in [6, 6.07) is 14.6. The van der Waals surface area contributed by atoms with Gasteiger partial charge in [-0.3, -0.25) is 4.79 Å². The minimum absolute atomic E-state index is 0.0704. The van der Waals surface area contributed by atoms with Crippen LogP contribution in [0, 0.1) is 0 Å². The van der Waals surface area contributed by atoms with Crippen molar-refractivity contribution in [1.82, 2.24) is 15.5 Å². The van der Waals surface area contributed by atoms with Crippen molar-refractivity contribution in [2.75, 3.05) is 7.11 Å². The number of aromatic nitrogens is 2. The van der Waals surface area contributed by atoms with Gasteiger partial charge in [-0.15, -0.1) is 0 Å². The fourth-order valence-electron chi connectivity index (χ4n) is 2.36. The summed E-state index contributed by atoms with van der Waals surface area (Å²) in [4.78, 5) is 16.6. The predicted molar refractivity (Wildman–Crippen MR) is 94.3 cm³/mol. The minimum atomic E-state index is -0.131. The van der Waals surface area contributed by atoms with Crippen molar-refractivity contribution in [2.24, 2.45) is 0 Å². The lowest BCUT2D eigenvalue weighted by Crippen LogP contribution is -2.30. The third-order valence-corrected chi connectivity index (χ3v) is 3.55. The maximum atomic E-state index is 12.1. The molecule has 0 aliphatic heterocycles. The smallest absolute Gasteiger partial charge is 0.258 e. The molecule has 0 saturated heterocycles. The van der Waals surface area contributed by atoms with Gasteiger partial charge in [0.15, 0.2) is 0 Å². The standard InChI is InChI=1S/C19H19N3O3/c1-12(2)20-18(23)14-7-4-6-13(10-14)17-21-19(25-22-17)15-8-5-9-16(11-15)24-3/h4-12H,1-3H3,(H,20,23). The molecular weight excluding hydrogens is 318 g/mol. The highest BCUT2D eigenvalue weighted by molar-refractivity contribution is 5.95. The molecule has 3 aromatic rings. The Morgan fingerprint density at radius 3 is 2.64 bits per heavy atom. The third kappa shape index (κ3) is 3.85. The first-order valence-electron chi connectivity index (χ1n) is 7.96. The van der Waals surface area contributed by atoms with E-state index < -0.39 is 0 Å². The Morgan fingerprint density at radius 2 is 1.88 bits per heavy atom. The third-order valence-electron chi connectivity index (χ3n) is 3.55. The number of amides is 1. The number of nitrogens with one attached hydrogen (secondary N) is 1. The fourth-order valence-corrected chi connectivity index (χ4v) is 2.36. The number of hydrogen-bond donors (Lipinski definition) is 1. The van der Waals surface area contributed by atoms with Crippen molar-refractivity contribution in [3.63, 3.8) is 0 Å². The van der Waals surface area contributed by atoms with Gasteiger partial charge in [0.1, 0.15) is 5.75 Å². The molecule has 1 amide bonds. The normalized spacial score (nSPS) is 10.7. The van der Waals surface area contributed by atoms with Gasteiger partial charge in [0.05, 0.1) is 7.11 Å². The maximum absolute atomic E-state index is 12.1. The van der Waals surface area contributed by atoms with Crippen LogP contribution in [-0.4, -0.2) is 29.2 Å². The van der Waals surface area contributed by atoms with Crippen LogP contribution in [0.1, 0.15) is 24.2 Å². The summed E-state index contributed by atoms with van der Waals surface area (Å²) >= 11 is 0. The van der Waals surface area contributed by atoms with Crippen LogP contribution in [0.3, 0.4) is 0 Å². The summed E-state index contributed by atoms with van der Waals surface area (Å²) in [5.74, 6) is 1.40. The zero-order valence-electron chi connectivity index (χ0n) is 14.3. The molecule has 0 aliphatic carbocycles. The van der Waals surface area contributed by atoms with Crippen molar-refractivity contribution < 1.29 is 14.1 Å². The van der Waals surface area contributed by atoms with E-state index in [1.54, 1.807) is 25.3 Å². The van der Waals surface area contributed by atoms with Crippen molar-refractivity contribution in [1.29, 1.82) is 0 Å². The maximum Gasteiger partial charge on any atom is 0.258 e. The van der Waals surface area contributed by atoms with Crippen molar-refractivity contribution in [3.05, 3.63) is 54.1 Å².